The van der Waals surface area contributed by atoms with E-state index in [2.05, 4.69) is 0 Å². The van der Waals surface area contributed by atoms with Crippen LogP contribution in [-0.4, -0.2) is 13.3 Å². The number of ether oxygens (including phenoxy) is 1. The molecule has 4 aromatic carbocycles. The maximum atomic E-state index is 14.2. The Morgan fingerprint density at radius 2 is 1.18 bits per heavy atom. The zero-order valence-corrected chi connectivity index (χ0v) is 18.6. The van der Waals surface area contributed by atoms with Crippen molar-refractivity contribution in [2.45, 2.75) is 6.16 Å². The smallest absolute Gasteiger partial charge is 0.194 e. The third-order valence-corrected chi connectivity index (χ3v) is 9.82. The topological polar surface area (TPSA) is 9.23 Å². The lowest BCUT2D eigenvalue weighted by atomic mass is 10.2. The lowest BCUT2D eigenvalue weighted by molar-refractivity contribution is 0.273. The molecule has 4 rings (SSSR count). The first-order chi connectivity index (χ1) is 16.0. The van der Waals surface area contributed by atoms with Gasteiger partial charge in [-0.2, -0.15) is 0 Å². The molecule has 33 heavy (non-hydrogen) atoms. The summed E-state index contributed by atoms with van der Waals surface area (Å²) in [6.45, 7) is -0.685. The summed E-state index contributed by atoms with van der Waals surface area (Å²) in [7, 11) is -2.52. The van der Waals surface area contributed by atoms with Crippen molar-refractivity contribution in [1.29, 1.82) is 0 Å². The Bertz CT molecular complexity index is 1150. The van der Waals surface area contributed by atoms with Crippen LogP contribution in [-0.2, 0) is 6.16 Å². The molecule has 0 saturated carbocycles. The van der Waals surface area contributed by atoms with Gasteiger partial charge in [-0.1, -0.05) is 42.5 Å². The molecule has 6 heteroatoms. The second-order valence-electron chi connectivity index (χ2n) is 7.55. The molecule has 0 amide bonds. The van der Waals surface area contributed by atoms with Gasteiger partial charge >= 0.3 is 0 Å². The van der Waals surface area contributed by atoms with E-state index >= 15 is 0 Å². The summed E-state index contributed by atoms with van der Waals surface area (Å²) in [5.41, 5.74) is 0.350. The number of benzene rings is 4. The molecule has 0 unspecified atom stereocenters. The van der Waals surface area contributed by atoms with Crippen LogP contribution in [0.4, 0.5) is 17.6 Å². The fourth-order valence-corrected chi connectivity index (χ4v) is 8.25. The Hall–Kier alpha value is -3.17. The van der Waals surface area contributed by atoms with Gasteiger partial charge in [-0.25, -0.2) is 17.6 Å². The highest BCUT2D eigenvalue weighted by molar-refractivity contribution is 7.95. The molecule has 0 bridgehead atoms. The molecular weight excluding hydrogens is 446 g/mol. The normalized spacial score (nSPS) is 11.4. The number of alkyl halides is 1. The minimum atomic E-state index is -2.52. The highest BCUT2D eigenvalue weighted by Gasteiger charge is 2.46. The van der Waals surface area contributed by atoms with Crippen LogP contribution in [0.25, 0.3) is 0 Å². The van der Waals surface area contributed by atoms with Gasteiger partial charge in [0.05, 0.1) is 6.16 Å². The second kappa shape index (κ2) is 10.2. The van der Waals surface area contributed by atoms with Crippen LogP contribution in [0.15, 0.2) is 97.1 Å². The van der Waals surface area contributed by atoms with E-state index in [1.165, 1.54) is 0 Å². The van der Waals surface area contributed by atoms with Crippen LogP contribution < -0.4 is 20.7 Å². The largest absolute Gasteiger partial charge is 0.491 e. The molecule has 1 nitrogen and oxygen atoms in total. The van der Waals surface area contributed by atoms with Gasteiger partial charge in [0, 0.05) is 6.07 Å². The van der Waals surface area contributed by atoms with Gasteiger partial charge in [-0.15, -0.1) is 0 Å². The third-order valence-electron chi connectivity index (χ3n) is 5.46. The van der Waals surface area contributed by atoms with Crippen molar-refractivity contribution in [2.24, 2.45) is 0 Å². The second-order valence-corrected chi connectivity index (χ2v) is 11.0. The van der Waals surface area contributed by atoms with Crippen LogP contribution in [0.5, 0.6) is 5.75 Å². The molecule has 0 N–H and O–H groups in total. The highest BCUT2D eigenvalue weighted by Crippen LogP contribution is 2.58. The Morgan fingerprint density at radius 3 is 1.73 bits per heavy atom. The summed E-state index contributed by atoms with van der Waals surface area (Å²) in [5.74, 6) is -3.41. The molecule has 0 aliphatic carbocycles. The zero-order chi connectivity index (χ0) is 23.3. The molecule has 0 aliphatic heterocycles. The lowest BCUT2D eigenvalue weighted by Crippen LogP contribution is -2.32. The van der Waals surface area contributed by atoms with Gasteiger partial charge in [-0.05, 0) is 54.1 Å². The maximum absolute atomic E-state index is 14.2. The first-order valence-corrected chi connectivity index (χ1v) is 12.4. The summed E-state index contributed by atoms with van der Waals surface area (Å²) < 4.78 is 60.3. The summed E-state index contributed by atoms with van der Waals surface area (Å²) in [6.07, 6.45) is 0.266. The van der Waals surface area contributed by atoms with Crippen molar-refractivity contribution < 1.29 is 22.3 Å². The number of hydrogen-bond acceptors (Lipinski definition) is 1. The van der Waals surface area contributed by atoms with Gasteiger partial charge in [0.25, 0.3) is 0 Å². The summed E-state index contributed by atoms with van der Waals surface area (Å²) >= 11 is 0. The SMILES string of the molecule is Fc1cc(C[P+](c2ccccc2)(c2ccccc2)c2cccc(OCC[18F])c2)cc(F)c1F. The number of hydrogen-bond donors (Lipinski definition) is 0. The molecule has 0 fully saturated rings. The Labute approximate surface area is 191 Å². The van der Waals surface area contributed by atoms with Crippen LogP contribution in [0.1, 0.15) is 5.56 Å². The molecule has 0 saturated heterocycles. The van der Waals surface area contributed by atoms with E-state index in [4.69, 9.17) is 4.74 Å². The number of rotatable bonds is 8. The Morgan fingerprint density at radius 1 is 0.636 bits per heavy atom. The van der Waals surface area contributed by atoms with Gasteiger partial charge in [0.15, 0.2) is 17.5 Å². The minimum absolute atomic E-state index is 0.0695. The summed E-state index contributed by atoms with van der Waals surface area (Å²) in [6, 6.07) is 29.0. The quantitative estimate of drug-likeness (QED) is 0.177. The molecule has 0 radical (unpaired) electrons. The van der Waals surface area contributed by atoms with Crippen molar-refractivity contribution in [1.82, 2.24) is 0 Å². The molecule has 0 aliphatic rings. The fraction of sp³-hybridized carbons (Fsp3) is 0.111. The Balaban J connectivity index is 1.98. The summed E-state index contributed by atoms with van der Waals surface area (Å²) in [5, 5.41) is 2.88. The highest BCUT2D eigenvalue weighted by atomic mass is 31.2. The van der Waals surface area contributed by atoms with Crippen LogP contribution in [0.2, 0.25) is 0 Å². The minimum Gasteiger partial charge on any atom is -0.491 e. The van der Waals surface area contributed by atoms with Crippen molar-refractivity contribution in [3.8, 4) is 5.75 Å². The molecule has 4 aromatic rings. The Kier molecular flexibility index (Phi) is 7.10. The van der Waals surface area contributed by atoms with Crippen molar-refractivity contribution in [3.63, 3.8) is 0 Å². The van der Waals surface area contributed by atoms with Crippen molar-refractivity contribution >= 4 is 23.2 Å². The molecular formula is C27H22F4OP+. The van der Waals surface area contributed by atoms with E-state index < -0.39 is 31.4 Å². The summed E-state index contributed by atoms with van der Waals surface area (Å²) in [4.78, 5) is 0. The lowest BCUT2D eigenvalue weighted by Gasteiger charge is -2.28. The number of halogens is 4. The van der Waals surface area contributed by atoms with E-state index in [0.717, 1.165) is 28.0 Å². The van der Waals surface area contributed by atoms with Crippen molar-refractivity contribution in [2.75, 3.05) is 13.3 Å². The molecule has 0 atom stereocenters. The van der Waals surface area contributed by atoms with Gasteiger partial charge < -0.3 is 4.74 Å². The fourth-order valence-electron chi connectivity index (χ4n) is 4.03. The van der Waals surface area contributed by atoms with Gasteiger partial charge in [0.1, 0.15) is 42.2 Å². The monoisotopic (exact) mass is 468 g/mol. The zero-order valence-electron chi connectivity index (χ0n) is 17.7. The molecule has 0 aromatic heterocycles. The van der Waals surface area contributed by atoms with Gasteiger partial charge in [-0.3, -0.25) is 0 Å². The van der Waals surface area contributed by atoms with E-state index in [9.17, 15) is 17.6 Å². The van der Waals surface area contributed by atoms with Gasteiger partial charge in [0.2, 0.25) is 0 Å². The predicted octanol–water partition coefficient (Wildman–Crippen LogP) is 5.95. The van der Waals surface area contributed by atoms with E-state index in [-0.39, 0.29) is 12.8 Å². The third kappa shape index (κ3) is 4.79. The van der Waals surface area contributed by atoms with Crippen LogP contribution in [0.3, 0.4) is 0 Å². The predicted molar refractivity (Wildman–Crippen MR) is 127 cm³/mol. The average molecular weight is 468 g/mol. The first kappa shape index (κ1) is 23.0. The molecule has 0 heterocycles. The first-order valence-electron chi connectivity index (χ1n) is 10.5. The average Bonchev–Trinajstić information content (AvgIpc) is 2.86. The van der Waals surface area contributed by atoms with Crippen LogP contribution >= 0.6 is 7.26 Å². The van der Waals surface area contributed by atoms with Crippen LogP contribution in [0, 0.1) is 17.5 Å². The molecule has 0 spiro atoms. The van der Waals surface area contributed by atoms with E-state index in [0.29, 0.717) is 11.3 Å². The van der Waals surface area contributed by atoms with E-state index in [1.54, 1.807) is 6.07 Å². The standard InChI is InChI=1S/C27H22F4OP/c28-14-15-32-21-8-7-13-24(18-21)33(22-9-3-1-4-10-22,23-11-5-2-6-12-23)19-20-16-25(29)27(31)26(30)17-20/h1-13,16-18H,14-15,19H2/q+1/i28-1. The van der Waals surface area contributed by atoms with Crippen molar-refractivity contribution in [3.05, 3.63) is 120 Å². The molecule has 168 valence electrons. The maximum Gasteiger partial charge on any atom is 0.194 e. The van der Waals surface area contributed by atoms with E-state index in [1.807, 2.05) is 78.9 Å².